The molecule has 32 heavy (non-hydrogen) atoms. The van der Waals surface area contributed by atoms with Gasteiger partial charge in [-0.2, -0.15) is 0 Å². The van der Waals surface area contributed by atoms with E-state index in [4.69, 9.17) is 0 Å². The van der Waals surface area contributed by atoms with E-state index in [0.717, 1.165) is 16.8 Å². The van der Waals surface area contributed by atoms with Crippen LogP contribution in [0.1, 0.15) is 40.3 Å². The molecule has 1 atom stereocenters. The zero-order valence-electron chi connectivity index (χ0n) is 18.5. The van der Waals surface area contributed by atoms with Gasteiger partial charge in [-0.3, -0.25) is 9.59 Å². The van der Waals surface area contributed by atoms with Crippen LogP contribution >= 0.6 is 11.8 Å². The fourth-order valence-electron chi connectivity index (χ4n) is 3.28. The van der Waals surface area contributed by atoms with E-state index in [0.29, 0.717) is 23.1 Å². The first-order chi connectivity index (χ1) is 15.4. The Hall–Kier alpha value is -3.39. The summed E-state index contributed by atoms with van der Waals surface area (Å²) in [6.45, 7) is 10.1. The van der Waals surface area contributed by atoms with E-state index in [1.807, 2.05) is 61.7 Å². The molecule has 1 heterocycles. The molecule has 0 unspecified atom stereocenters. The lowest BCUT2D eigenvalue weighted by molar-refractivity contribution is -0.113. The third kappa shape index (κ3) is 5.64. The SMILES string of the molecule is C=CCn1c(SCC(=O)Nc2c(C)cccc2C)nnc1[C@@H](C)NC(=O)c1ccccc1. The number of carbonyl (C=O) groups excluding carboxylic acids is 2. The minimum absolute atomic E-state index is 0.118. The Morgan fingerprint density at radius 2 is 1.78 bits per heavy atom. The van der Waals surface area contributed by atoms with Crippen molar-refractivity contribution < 1.29 is 9.59 Å². The molecule has 3 aromatic rings. The molecule has 7 nitrogen and oxygen atoms in total. The van der Waals surface area contributed by atoms with E-state index in [2.05, 4.69) is 27.4 Å². The van der Waals surface area contributed by atoms with Crippen LogP contribution in [0.2, 0.25) is 0 Å². The first-order valence-electron chi connectivity index (χ1n) is 10.3. The Morgan fingerprint density at radius 3 is 2.44 bits per heavy atom. The number of allylic oxidation sites excluding steroid dienone is 1. The molecule has 2 N–H and O–H groups in total. The van der Waals surface area contributed by atoms with Crippen LogP contribution in [0.25, 0.3) is 0 Å². The topological polar surface area (TPSA) is 88.9 Å². The van der Waals surface area contributed by atoms with Crippen molar-refractivity contribution in [1.82, 2.24) is 20.1 Å². The van der Waals surface area contributed by atoms with Crippen molar-refractivity contribution in [3.05, 3.63) is 83.7 Å². The molecule has 0 aliphatic carbocycles. The molecule has 2 aromatic carbocycles. The Kier molecular flexibility index (Phi) is 7.83. The number of benzene rings is 2. The number of thioether (sulfide) groups is 1. The van der Waals surface area contributed by atoms with Crippen molar-refractivity contribution in [1.29, 1.82) is 0 Å². The number of aryl methyl sites for hydroxylation is 2. The fraction of sp³-hybridized carbons (Fsp3) is 0.250. The van der Waals surface area contributed by atoms with Crippen molar-refractivity contribution in [2.24, 2.45) is 0 Å². The summed E-state index contributed by atoms with van der Waals surface area (Å²) in [6, 6.07) is 14.5. The van der Waals surface area contributed by atoms with Crippen molar-refractivity contribution in [2.45, 2.75) is 38.5 Å². The average molecular weight is 450 g/mol. The van der Waals surface area contributed by atoms with E-state index in [1.54, 1.807) is 18.2 Å². The molecule has 0 bridgehead atoms. The van der Waals surface area contributed by atoms with Gasteiger partial charge in [-0.1, -0.05) is 54.2 Å². The number of anilines is 1. The van der Waals surface area contributed by atoms with E-state index < -0.39 is 0 Å². The van der Waals surface area contributed by atoms with Gasteiger partial charge in [-0.25, -0.2) is 0 Å². The number of carbonyl (C=O) groups is 2. The summed E-state index contributed by atoms with van der Waals surface area (Å²) in [5.74, 6) is 0.487. The molecule has 0 radical (unpaired) electrons. The molecule has 0 aliphatic rings. The Bertz CT molecular complexity index is 1090. The first kappa shape index (κ1) is 23.3. The summed E-state index contributed by atoms with van der Waals surface area (Å²) in [4.78, 5) is 25.0. The molecular formula is C24H27N5O2S. The normalized spacial score (nSPS) is 11.6. The van der Waals surface area contributed by atoms with Crippen LogP contribution in [-0.2, 0) is 11.3 Å². The maximum atomic E-state index is 12.5. The number of nitrogens with one attached hydrogen (secondary N) is 2. The summed E-state index contributed by atoms with van der Waals surface area (Å²) in [7, 11) is 0. The van der Waals surface area contributed by atoms with Gasteiger partial charge in [0.15, 0.2) is 11.0 Å². The molecule has 1 aromatic heterocycles. The van der Waals surface area contributed by atoms with Crippen LogP contribution in [0.4, 0.5) is 5.69 Å². The number of hydrogen-bond acceptors (Lipinski definition) is 5. The Balaban J connectivity index is 1.68. The highest BCUT2D eigenvalue weighted by molar-refractivity contribution is 7.99. The van der Waals surface area contributed by atoms with Gasteiger partial charge in [0, 0.05) is 17.8 Å². The Labute approximate surface area is 192 Å². The number of amides is 2. The van der Waals surface area contributed by atoms with Gasteiger partial charge < -0.3 is 15.2 Å². The smallest absolute Gasteiger partial charge is 0.251 e. The van der Waals surface area contributed by atoms with Crippen LogP contribution in [0.15, 0.2) is 66.3 Å². The van der Waals surface area contributed by atoms with Crippen LogP contribution in [-0.4, -0.2) is 32.3 Å². The lowest BCUT2D eigenvalue weighted by Gasteiger charge is -2.15. The second kappa shape index (κ2) is 10.8. The molecule has 0 aliphatic heterocycles. The summed E-state index contributed by atoms with van der Waals surface area (Å²) in [6.07, 6.45) is 1.74. The number of para-hydroxylation sites is 1. The number of hydrogen-bond donors (Lipinski definition) is 2. The van der Waals surface area contributed by atoms with Gasteiger partial charge in [-0.05, 0) is 44.0 Å². The average Bonchev–Trinajstić information content (AvgIpc) is 3.18. The van der Waals surface area contributed by atoms with Gasteiger partial charge in [0.2, 0.25) is 5.91 Å². The van der Waals surface area contributed by atoms with Crippen molar-refractivity contribution in [3.63, 3.8) is 0 Å². The molecule has 8 heteroatoms. The predicted octanol–water partition coefficient (Wildman–Crippen LogP) is 4.30. The number of aromatic nitrogens is 3. The Morgan fingerprint density at radius 1 is 1.09 bits per heavy atom. The second-order valence-corrected chi connectivity index (χ2v) is 8.35. The van der Waals surface area contributed by atoms with Crippen LogP contribution in [0, 0.1) is 13.8 Å². The second-order valence-electron chi connectivity index (χ2n) is 7.40. The van der Waals surface area contributed by atoms with Gasteiger partial charge in [0.05, 0.1) is 11.8 Å². The minimum Gasteiger partial charge on any atom is -0.342 e. The zero-order chi connectivity index (χ0) is 23.1. The highest BCUT2D eigenvalue weighted by Crippen LogP contribution is 2.23. The third-order valence-corrected chi connectivity index (χ3v) is 5.87. The fourth-order valence-corrected chi connectivity index (χ4v) is 4.03. The molecule has 3 rings (SSSR count). The molecule has 0 saturated carbocycles. The predicted molar refractivity (Wildman–Crippen MR) is 128 cm³/mol. The van der Waals surface area contributed by atoms with Gasteiger partial charge in [0.25, 0.3) is 5.91 Å². The van der Waals surface area contributed by atoms with Gasteiger partial charge >= 0.3 is 0 Å². The maximum absolute atomic E-state index is 12.5. The van der Waals surface area contributed by atoms with Gasteiger partial charge in [0.1, 0.15) is 0 Å². The maximum Gasteiger partial charge on any atom is 0.251 e. The minimum atomic E-state index is -0.368. The summed E-state index contributed by atoms with van der Waals surface area (Å²) >= 11 is 1.30. The monoisotopic (exact) mass is 449 g/mol. The number of nitrogens with zero attached hydrogens (tertiary/aromatic N) is 3. The van der Waals surface area contributed by atoms with E-state index >= 15 is 0 Å². The number of rotatable bonds is 9. The summed E-state index contributed by atoms with van der Waals surface area (Å²) in [5, 5.41) is 15.0. The zero-order valence-corrected chi connectivity index (χ0v) is 19.3. The molecule has 0 fully saturated rings. The molecular weight excluding hydrogens is 422 g/mol. The lowest BCUT2D eigenvalue weighted by Crippen LogP contribution is -2.28. The van der Waals surface area contributed by atoms with E-state index in [1.165, 1.54) is 11.8 Å². The molecule has 2 amide bonds. The van der Waals surface area contributed by atoms with Gasteiger partial charge in [-0.15, -0.1) is 16.8 Å². The van der Waals surface area contributed by atoms with E-state index in [-0.39, 0.29) is 23.6 Å². The van der Waals surface area contributed by atoms with E-state index in [9.17, 15) is 9.59 Å². The summed E-state index contributed by atoms with van der Waals surface area (Å²) in [5.41, 5.74) is 3.45. The largest absolute Gasteiger partial charge is 0.342 e. The summed E-state index contributed by atoms with van der Waals surface area (Å²) < 4.78 is 1.86. The highest BCUT2D eigenvalue weighted by atomic mass is 32.2. The van der Waals surface area contributed by atoms with Crippen LogP contribution < -0.4 is 10.6 Å². The van der Waals surface area contributed by atoms with Crippen molar-refractivity contribution >= 4 is 29.3 Å². The molecule has 166 valence electrons. The standard InChI is InChI=1S/C24H27N5O2S/c1-5-14-29-22(18(4)25-23(31)19-12-7-6-8-13-19)27-28-24(29)32-15-20(30)26-21-16(2)10-9-11-17(21)3/h5-13,18H,1,14-15H2,2-4H3,(H,25,31)(H,26,30)/t18-/m1/s1. The van der Waals surface area contributed by atoms with Crippen molar-refractivity contribution in [3.8, 4) is 0 Å². The molecule has 0 saturated heterocycles. The highest BCUT2D eigenvalue weighted by Gasteiger charge is 2.20. The quantitative estimate of drug-likeness (QED) is 0.376. The first-order valence-corrected chi connectivity index (χ1v) is 11.3. The molecule has 0 spiro atoms. The lowest BCUT2D eigenvalue weighted by atomic mass is 10.1. The van der Waals surface area contributed by atoms with Crippen molar-refractivity contribution in [2.75, 3.05) is 11.1 Å². The third-order valence-electron chi connectivity index (χ3n) is 4.91. The van der Waals surface area contributed by atoms with Crippen LogP contribution in [0.3, 0.4) is 0 Å². The van der Waals surface area contributed by atoms with Crippen LogP contribution in [0.5, 0.6) is 0 Å².